The molecule has 7 nitrogen and oxygen atoms in total. The van der Waals surface area contributed by atoms with Gasteiger partial charge in [-0.15, -0.1) is 11.3 Å². The van der Waals surface area contributed by atoms with E-state index in [2.05, 4.69) is 4.98 Å². The van der Waals surface area contributed by atoms with Crippen molar-refractivity contribution in [2.75, 3.05) is 11.5 Å². The van der Waals surface area contributed by atoms with E-state index in [0.29, 0.717) is 34.6 Å². The highest BCUT2D eigenvalue weighted by molar-refractivity contribution is 7.14. The number of anilines is 1. The van der Waals surface area contributed by atoms with Crippen molar-refractivity contribution in [2.45, 2.75) is 26.3 Å². The van der Waals surface area contributed by atoms with Gasteiger partial charge in [-0.25, -0.2) is 4.98 Å². The second-order valence-corrected chi connectivity index (χ2v) is 7.68. The van der Waals surface area contributed by atoms with E-state index in [1.807, 2.05) is 6.92 Å². The van der Waals surface area contributed by atoms with Crippen molar-refractivity contribution in [3.8, 4) is 5.75 Å². The lowest BCUT2D eigenvalue weighted by Gasteiger charge is -2.20. The van der Waals surface area contributed by atoms with E-state index in [4.69, 9.17) is 9.15 Å². The Morgan fingerprint density at radius 1 is 1.23 bits per heavy atom. The molecule has 3 heterocycles. The molecule has 2 aromatic heterocycles. The van der Waals surface area contributed by atoms with E-state index >= 15 is 0 Å². The normalized spacial score (nSPS) is 18.2. The number of hydrogen-bond donors (Lipinski definition) is 1. The van der Waals surface area contributed by atoms with E-state index in [1.54, 1.807) is 54.9 Å². The molecule has 1 amide bonds. The zero-order valence-electron chi connectivity index (χ0n) is 16.5. The number of ether oxygens (including phenoxy) is 1. The monoisotopic (exact) mass is 424 g/mol. The molecule has 0 radical (unpaired) electrons. The maximum absolute atomic E-state index is 12.9. The quantitative estimate of drug-likeness (QED) is 0.357. The Balaban J connectivity index is 1.81. The van der Waals surface area contributed by atoms with Crippen molar-refractivity contribution < 1.29 is 23.8 Å². The van der Waals surface area contributed by atoms with Crippen molar-refractivity contribution in [3.63, 3.8) is 0 Å². The molecule has 1 aromatic carbocycles. The average Bonchev–Trinajstić information content (AvgIpc) is 3.47. The number of carbonyl (C=O) groups excluding carboxylic acids is 2. The molecule has 0 spiro atoms. The first-order valence-electron chi connectivity index (χ1n) is 9.51. The number of hydrogen-bond acceptors (Lipinski definition) is 7. The topological polar surface area (TPSA) is 92.9 Å². The first-order valence-corrected chi connectivity index (χ1v) is 10.4. The predicted molar refractivity (Wildman–Crippen MR) is 113 cm³/mol. The van der Waals surface area contributed by atoms with Crippen LogP contribution in [0, 0.1) is 6.92 Å². The van der Waals surface area contributed by atoms with Crippen molar-refractivity contribution in [1.82, 2.24) is 4.98 Å². The van der Waals surface area contributed by atoms with Gasteiger partial charge in [-0.1, -0.05) is 6.92 Å². The molecule has 3 aromatic rings. The van der Waals surface area contributed by atoms with Gasteiger partial charge in [-0.2, -0.15) is 0 Å². The molecule has 0 aliphatic carbocycles. The number of amides is 1. The maximum Gasteiger partial charge on any atom is 0.302 e. The third-order valence-corrected chi connectivity index (χ3v) is 5.47. The van der Waals surface area contributed by atoms with Crippen molar-refractivity contribution in [2.24, 2.45) is 0 Å². The Morgan fingerprint density at radius 3 is 2.60 bits per heavy atom. The summed E-state index contributed by atoms with van der Waals surface area (Å²) in [6, 6.07) is 9.28. The van der Waals surface area contributed by atoms with Crippen LogP contribution >= 0.6 is 11.3 Å². The number of nitrogens with zero attached hydrogens (tertiary/aromatic N) is 2. The number of furan rings is 1. The number of aryl methyl sites for hydroxylation is 1. The molecule has 8 heteroatoms. The number of rotatable bonds is 6. The van der Waals surface area contributed by atoms with Gasteiger partial charge in [0.05, 0.1) is 12.2 Å². The zero-order chi connectivity index (χ0) is 21.3. The minimum absolute atomic E-state index is 0.0354. The Labute approximate surface area is 177 Å². The third kappa shape index (κ3) is 3.50. The number of aromatic nitrogens is 1. The van der Waals surface area contributed by atoms with E-state index in [1.165, 1.54) is 16.2 Å². The van der Waals surface area contributed by atoms with Gasteiger partial charge in [0, 0.05) is 17.1 Å². The first kappa shape index (κ1) is 19.9. The number of aliphatic hydroxyl groups excluding tert-OH is 1. The van der Waals surface area contributed by atoms with Crippen molar-refractivity contribution in [1.29, 1.82) is 0 Å². The number of carbonyl (C=O) groups is 2. The highest BCUT2D eigenvalue weighted by Crippen LogP contribution is 2.43. The van der Waals surface area contributed by atoms with E-state index in [0.717, 1.165) is 6.42 Å². The van der Waals surface area contributed by atoms with Crippen LogP contribution in [0.1, 0.15) is 36.5 Å². The third-order valence-electron chi connectivity index (χ3n) is 4.70. The molecule has 4 rings (SSSR count). The van der Waals surface area contributed by atoms with Gasteiger partial charge in [0.25, 0.3) is 5.78 Å². The van der Waals surface area contributed by atoms with E-state index < -0.39 is 17.7 Å². The summed E-state index contributed by atoms with van der Waals surface area (Å²) in [4.78, 5) is 31.2. The van der Waals surface area contributed by atoms with Crippen LogP contribution in [0.4, 0.5) is 5.13 Å². The summed E-state index contributed by atoms with van der Waals surface area (Å²) < 4.78 is 11.3. The number of Topliss-reactive ketones (excluding diaryl/α,β-unsaturated/α-hetero) is 1. The lowest BCUT2D eigenvalue weighted by atomic mass is 9.99. The molecule has 1 aliphatic heterocycles. The van der Waals surface area contributed by atoms with Crippen molar-refractivity contribution in [3.05, 3.63) is 70.6 Å². The fraction of sp³-hybridized carbons (Fsp3) is 0.227. The van der Waals surface area contributed by atoms with Crippen LogP contribution in [-0.2, 0) is 9.59 Å². The predicted octanol–water partition coefficient (Wildman–Crippen LogP) is 4.46. The second-order valence-electron chi connectivity index (χ2n) is 6.81. The fourth-order valence-corrected chi connectivity index (χ4v) is 3.99. The number of ketones is 1. The lowest BCUT2D eigenvalue weighted by Crippen LogP contribution is -2.29. The van der Waals surface area contributed by atoms with Crippen LogP contribution in [0.2, 0.25) is 0 Å². The molecule has 1 saturated heterocycles. The molecular formula is C22H20N2O5S. The minimum atomic E-state index is -0.902. The molecule has 1 aliphatic rings. The van der Waals surface area contributed by atoms with Gasteiger partial charge in [0.1, 0.15) is 29.1 Å². The van der Waals surface area contributed by atoms with Crippen LogP contribution in [0.15, 0.2) is 58.0 Å². The van der Waals surface area contributed by atoms with Crippen LogP contribution in [0.5, 0.6) is 5.75 Å². The molecule has 30 heavy (non-hydrogen) atoms. The highest BCUT2D eigenvalue weighted by atomic mass is 32.1. The number of benzene rings is 1. The molecule has 1 atom stereocenters. The Hall–Kier alpha value is -3.39. The average molecular weight is 424 g/mol. The summed E-state index contributed by atoms with van der Waals surface area (Å²) in [5, 5.41) is 13.1. The van der Waals surface area contributed by atoms with Crippen LogP contribution in [-0.4, -0.2) is 28.4 Å². The van der Waals surface area contributed by atoms with Crippen LogP contribution in [0.25, 0.3) is 5.76 Å². The Morgan fingerprint density at radius 2 is 2.00 bits per heavy atom. The summed E-state index contributed by atoms with van der Waals surface area (Å²) in [7, 11) is 0. The lowest BCUT2D eigenvalue weighted by molar-refractivity contribution is -0.132. The number of aliphatic hydroxyl groups is 1. The van der Waals surface area contributed by atoms with E-state index in [9.17, 15) is 14.7 Å². The van der Waals surface area contributed by atoms with Crippen LogP contribution < -0.4 is 9.64 Å². The largest absolute Gasteiger partial charge is 0.507 e. The smallest absolute Gasteiger partial charge is 0.302 e. The molecule has 1 fully saturated rings. The number of thiazole rings is 1. The zero-order valence-corrected chi connectivity index (χ0v) is 17.3. The second kappa shape index (κ2) is 8.16. The molecule has 1 unspecified atom stereocenters. The minimum Gasteiger partial charge on any atom is -0.507 e. The Kier molecular flexibility index (Phi) is 5.41. The summed E-state index contributed by atoms with van der Waals surface area (Å²) >= 11 is 1.23. The van der Waals surface area contributed by atoms with Gasteiger partial charge in [-0.3, -0.25) is 14.5 Å². The highest BCUT2D eigenvalue weighted by Gasteiger charge is 2.49. The molecule has 0 saturated carbocycles. The van der Waals surface area contributed by atoms with Gasteiger partial charge in [0.15, 0.2) is 5.13 Å². The summed E-state index contributed by atoms with van der Waals surface area (Å²) in [6.45, 7) is 4.37. The van der Waals surface area contributed by atoms with E-state index in [-0.39, 0.29) is 11.3 Å². The van der Waals surface area contributed by atoms with Crippen molar-refractivity contribution >= 4 is 33.9 Å². The molecule has 154 valence electrons. The molecule has 0 bridgehead atoms. The standard InChI is InChI=1S/C22H20N2O5S/c1-3-11-28-15-7-5-14(6-8-15)19(25)17-18(16-9-4-13(2)29-16)24(21(27)20(17)26)22-23-10-12-30-22/h4-10,12,18,25H,3,11H2,1-2H3. The Bertz CT molecular complexity index is 1100. The maximum atomic E-state index is 12.9. The first-order chi connectivity index (χ1) is 14.5. The van der Waals surface area contributed by atoms with Gasteiger partial charge in [-0.05, 0) is 49.7 Å². The van der Waals surface area contributed by atoms with Crippen LogP contribution in [0.3, 0.4) is 0 Å². The van der Waals surface area contributed by atoms with Gasteiger partial charge >= 0.3 is 5.91 Å². The molecular weight excluding hydrogens is 404 g/mol. The van der Waals surface area contributed by atoms with Gasteiger partial charge in [0.2, 0.25) is 0 Å². The fourth-order valence-electron chi connectivity index (χ4n) is 3.32. The summed E-state index contributed by atoms with van der Waals surface area (Å²) in [5.41, 5.74) is 0.371. The van der Waals surface area contributed by atoms with Gasteiger partial charge < -0.3 is 14.3 Å². The summed E-state index contributed by atoms with van der Waals surface area (Å²) in [5.74, 6) is -0.136. The molecule has 1 N–H and O–H groups in total. The SMILES string of the molecule is CCCOc1ccc(C(O)=C2C(=O)C(=O)N(c3nccs3)C2c2ccc(C)o2)cc1. The summed E-state index contributed by atoms with van der Waals surface area (Å²) in [6.07, 6.45) is 2.43.